The van der Waals surface area contributed by atoms with Gasteiger partial charge in [0, 0.05) is 34.7 Å². The van der Waals surface area contributed by atoms with E-state index < -0.39 is 0 Å². The third-order valence-electron chi connectivity index (χ3n) is 4.87. The van der Waals surface area contributed by atoms with Gasteiger partial charge in [-0.05, 0) is 44.2 Å². The average Bonchev–Trinajstić information content (AvgIpc) is 3.02. The second-order valence-corrected chi connectivity index (χ2v) is 6.66. The molecule has 0 atom stereocenters. The van der Waals surface area contributed by atoms with Gasteiger partial charge in [-0.15, -0.1) is 0 Å². The number of benzene rings is 2. The van der Waals surface area contributed by atoms with E-state index in [0.717, 1.165) is 33.7 Å². The Bertz CT molecular complexity index is 1170. The molecule has 1 amide bonds. The van der Waals surface area contributed by atoms with Gasteiger partial charge in [-0.3, -0.25) is 9.78 Å². The quantitative estimate of drug-likeness (QED) is 0.555. The molecule has 0 spiro atoms. The van der Waals surface area contributed by atoms with Gasteiger partial charge in [-0.25, -0.2) is 0 Å². The van der Waals surface area contributed by atoms with Gasteiger partial charge in [0.25, 0.3) is 5.91 Å². The highest BCUT2D eigenvalue weighted by atomic mass is 16.5. The minimum Gasteiger partial charge on any atom is -0.497 e. The van der Waals surface area contributed by atoms with Crippen molar-refractivity contribution in [3.05, 3.63) is 83.8 Å². The number of hydrogen-bond acceptors (Lipinski definition) is 3. The van der Waals surface area contributed by atoms with Crippen LogP contribution in [-0.4, -0.2) is 22.6 Å². The lowest BCUT2D eigenvalue weighted by molar-refractivity contribution is 0.102. The predicted molar refractivity (Wildman–Crippen MR) is 111 cm³/mol. The van der Waals surface area contributed by atoms with Crippen molar-refractivity contribution in [1.29, 1.82) is 0 Å². The number of ether oxygens (including phenoxy) is 1. The van der Waals surface area contributed by atoms with Crippen LogP contribution in [0.1, 0.15) is 21.7 Å². The number of aromatic nitrogens is 2. The number of aryl methyl sites for hydroxylation is 1. The zero-order chi connectivity index (χ0) is 19.7. The molecule has 1 N–H and O–H groups in total. The standard InChI is InChI=1S/C23H21N3O2/c1-15-13-20(16(2)26(15)18-9-5-10-19(14-18)28-3)23(27)25-21-11-4-7-17-8-6-12-24-22(17)21/h4-14H,1-3H3,(H,25,27). The number of amides is 1. The number of pyridine rings is 1. The number of anilines is 1. The van der Waals surface area contributed by atoms with Gasteiger partial charge in [0.2, 0.25) is 0 Å². The molecule has 2 aromatic carbocycles. The maximum atomic E-state index is 13.0. The van der Waals surface area contributed by atoms with Crippen molar-refractivity contribution in [2.75, 3.05) is 12.4 Å². The molecule has 5 nitrogen and oxygen atoms in total. The maximum absolute atomic E-state index is 13.0. The lowest BCUT2D eigenvalue weighted by atomic mass is 10.1. The maximum Gasteiger partial charge on any atom is 0.257 e. The molecule has 0 fully saturated rings. The molecule has 0 aliphatic heterocycles. The van der Waals surface area contributed by atoms with E-state index in [2.05, 4.69) is 14.9 Å². The largest absolute Gasteiger partial charge is 0.497 e. The number of nitrogens with one attached hydrogen (secondary N) is 1. The Morgan fingerprint density at radius 3 is 2.64 bits per heavy atom. The van der Waals surface area contributed by atoms with E-state index in [9.17, 15) is 4.79 Å². The number of fused-ring (bicyclic) bond motifs is 1. The first-order valence-corrected chi connectivity index (χ1v) is 9.07. The van der Waals surface area contributed by atoms with Crippen molar-refractivity contribution >= 4 is 22.5 Å². The number of methoxy groups -OCH3 is 1. The number of hydrogen-bond donors (Lipinski definition) is 1. The van der Waals surface area contributed by atoms with Crippen LogP contribution in [0.25, 0.3) is 16.6 Å². The number of nitrogens with zero attached hydrogens (tertiary/aromatic N) is 2. The summed E-state index contributed by atoms with van der Waals surface area (Å²) >= 11 is 0. The minimum absolute atomic E-state index is 0.152. The van der Waals surface area contributed by atoms with Gasteiger partial charge < -0.3 is 14.6 Å². The molecular weight excluding hydrogens is 350 g/mol. The summed E-state index contributed by atoms with van der Waals surface area (Å²) in [5.41, 5.74) is 4.92. The fourth-order valence-electron chi connectivity index (χ4n) is 3.53. The molecule has 5 heteroatoms. The Labute approximate surface area is 163 Å². The Balaban J connectivity index is 1.71. The van der Waals surface area contributed by atoms with Crippen molar-refractivity contribution < 1.29 is 9.53 Å². The van der Waals surface area contributed by atoms with Crippen LogP contribution >= 0.6 is 0 Å². The highest BCUT2D eigenvalue weighted by molar-refractivity contribution is 6.09. The van der Waals surface area contributed by atoms with E-state index in [1.54, 1.807) is 13.3 Å². The molecule has 2 aromatic heterocycles. The van der Waals surface area contributed by atoms with Gasteiger partial charge in [0.1, 0.15) is 5.75 Å². The van der Waals surface area contributed by atoms with Crippen LogP contribution < -0.4 is 10.1 Å². The summed E-state index contributed by atoms with van der Waals surface area (Å²) in [6, 6.07) is 19.3. The third kappa shape index (κ3) is 3.11. The molecule has 0 unspecified atom stereocenters. The van der Waals surface area contributed by atoms with Gasteiger partial charge in [0.15, 0.2) is 0 Å². The number of carbonyl (C=O) groups is 1. The molecule has 0 radical (unpaired) electrons. The summed E-state index contributed by atoms with van der Waals surface area (Å²) in [5, 5.41) is 4.01. The smallest absolute Gasteiger partial charge is 0.257 e. The predicted octanol–water partition coefficient (Wildman–Crippen LogP) is 4.90. The molecule has 0 saturated heterocycles. The van der Waals surface area contributed by atoms with Crippen molar-refractivity contribution in [3.63, 3.8) is 0 Å². The van der Waals surface area contributed by atoms with Gasteiger partial charge >= 0.3 is 0 Å². The number of carbonyl (C=O) groups excluding carboxylic acids is 1. The fourth-order valence-corrected chi connectivity index (χ4v) is 3.53. The lowest BCUT2D eigenvalue weighted by Crippen LogP contribution is -2.13. The zero-order valence-corrected chi connectivity index (χ0v) is 16.1. The Morgan fingerprint density at radius 1 is 1.04 bits per heavy atom. The van der Waals surface area contributed by atoms with E-state index in [1.165, 1.54) is 0 Å². The molecule has 4 rings (SSSR count). The first-order valence-electron chi connectivity index (χ1n) is 9.07. The van der Waals surface area contributed by atoms with Crippen LogP contribution in [0.4, 0.5) is 5.69 Å². The van der Waals surface area contributed by atoms with Crippen molar-refractivity contribution in [2.45, 2.75) is 13.8 Å². The van der Waals surface area contributed by atoms with E-state index >= 15 is 0 Å². The van der Waals surface area contributed by atoms with E-state index in [1.807, 2.05) is 74.5 Å². The molecule has 140 valence electrons. The van der Waals surface area contributed by atoms with Crippen LogP contribution in [0, 0.1) is 13.8 Å². The normalized spacial score (nSPS) is 10.8. The van der Waals surface area contributed by atoms with Crippen LogP contribution in [0.3, 0.4) is 0 Å². The summed E-state index contributed by atoms with van der Waals surface area (Å²) in [7, 11) is 1.64. The monoisotopic (exact) mass is 371 g/mol. The van der Waals surface area contributed by atoms with Gasteiger partial charge in [-0.1, -0.05) is 24.3 Å². The highest BCUT2D eigenvalue weighted by Crippen LogP contribution is 2.26. The van der Waals surface area contributed by atoms with E-state index in [0.29, 0.717) is 11.3 Å². The summed E-state index contributed by atoms with van der Waals surface area (Å²) in [6.07, 6.45) is 1.73. The average molecular weight is 371 g/mol. The summed E-state index contributed by atoms with van der Waals surface area (Å²) < 4.78 is 7.39. The van der Waals surface area contributed by atoms with Crippen LogP contribution in [-0.2, 0) is 0 Å². The Hall–Kier alpha value is -3.60. The second-order valence-electron chi connectivity index (χ2n) is 6.66. The lowest BCUT2D eigenvalue weighted by Gasteiger charge is -2.12. The molecule has 2 heterocycles. The fraction of sp³-hybridized carbons (Fsp3) is 0.130. The molecular formula is C23H21N3O2. The van der Waals surface area contributed by atoms with E-state index in [-0.39, 0.29) is 5.91 Å². The first kappa shape index (κ1) is 17.8. The van der Waals surface area contributed by atoms with Crippen molar-refractivity contribution in [2.24, 2.45) is 0 Å². The van der Waals surface area contributed by atoms with Crippen LogP contribution in [0.5, 0.6) is 5.75 Å². The zero-order valence-electron chi connectivity index (χ0n) is 16.1. The molecule has 4 aromatic rings. The molecule has 0 aliphatic carbocycles. The first-order chi connectivity index (χ1) is 13.6. The van der Waals surface area contributed by atoms with Crippen LogP contribution in [0.2, 0.25) is 0 Å². The van der Waals surface area contributed by atoms with Crippen molar-refractivity contribution in [1.82, 2.24) is 9.55 Å². The Kier molecular flexibility index (Phi) is 4.57. The topological polar surface area (TPSA) is 56.1 Å². The minimum atomic E-state index is -0.152. The SMILES string of the molecule is COc1cccc(-n2c(C)cc(C(=O)Nc3cccc4cccnc34)c2C)c1. The molecule has 28 heavy (non-hydrogen) atoms. The molecule has 0 aliphatic rings. The second kappa shape index (κ2) is 7.19. The summed E-state index contributed by atoms with van der Waals surface area (Å²) in [6.45, 7) is 3.94. The molecule has 0 bridgehead atoms. The summed E-state index contributed by atoms with van der Waals surface area (Å²) in [5.74, 6) is 0.623. The molecule has 0 saturated carbocycles. The number of para-hydroxylation sites is 1. The highest BCUT2D eigenvalue weighted by Gasteiger charge is 2.18. The van der Waals surface area contributed by atoms with Crippen molar-refractivity contribution in [3.8, 4) is 11.4 Å². The Morgan fingerprint density at radius 2 is 1.82 bits per heavy atom. The van der Waals surface area contributed by atoms with Crippen LogP contribution in [0.15, 0.2) is 66.9 Å². The third-order valence-corrected chi connectivity index (χ3v) is 4.87. The number of rotatable bonds is 4. The van der Waals surface area contributed by atoms with Gasteiger partial charge in [-0.2, -0.15) is 0 Å². The van der Waals surface area contributed by atoms with Gasteiger partial charge in [0.05, 0.1) is 23.9 Å². The summed E-state index contributed by atoms with van der Waals surface area (Å²) in [4.78, 5) is 17.4. The van der Waals surface area contributed by atoms with E-state index in [4.69, 9.17) is 4.74 Å².